The number of morpholine rings is 1. The number of amides is 2. The van der Waals surface area contributed by atoms with E-state index in [9.17, 15) is 9.59 Å². The number of halogens is 1. The molecule has 2 aliphatic heterocycles. The van der Waals surface area contributed by atoms with Gasteiger partial charge >= 0.3 is 0 Å². The number of piperidine rings is 1. The fraction of sp³-hybridized carbons (Fsp3) is 0.619. The lowest BCUT2D eigenvalue weighted by molar-refractivity contribution is -0.135. The van der Waals surface area contributed by atoms with Crippen molar-refractivity contribution in [2.75, 3.05) is 65.3 Å². The predicted octanol–water partition coefficient (Wildman–Crippen LogP) is 0.592. The van der Waals surface area contributed by atoms with E-state index in [0.717, 1.165) is 32.5 Å². The van der Waals surface area contributed by atoms with Gasteiger partial charge in [0, 0.05) is 45.3 Å². The summed E-state index contributed by atoms with van der Waals surface area (Å²) in [5.41, 5.74) is 6.46. The molecule has 10 heteroatoms. The molecule has 4 N–H and O–H groups in total. The molecule has 2 saturated heterocycles. The van der Waals surface area contributed by atoms with Gasteiger partial charge in [-0.15, -0.1) is 0 Å². The van der Waals surface area contributed by atoms with Gasteiger partial charge in [-0.25, -0.2) is 0 Å². The monoisotopic (exact) mass is 454 g/mol. The van der Waals surface area contributed by atoms with Crippen LogP contribution in [0, 0.1) is 5.92 Å². The number of aliphatic hydroxyl groups is 1. The number of benzene rings is 1. The van der Waals surface area contributed by atoms with E-state index < -0.39 is 6.61 Å². The highest BCUT2D eigenvalue weighted by Crippen LogP contribution is 2.28. The van der Waals surface area contributed by atoms with Gasteiger partial charge in [-0.05, 0) is 24.8 Å². The standard InChI is InChI=1S/C21H31ClN4O5/c1-30-19-9-18(23)17(22)8-16(19)21(29)24-10-15-12-25(6-7-31-15)11-14-2-4-26(5-3-14)20(28)13-27/h8-9,14-15,27H,2-7,10-13,23H2,1H3,(H,24,29). The molecule has 2 fully saturated rings. The number of ether oxygens (including phenoxy) is 2. The summed E-state index contributed by atoms with van der Waals surface area (Å²) in [5.74, 6) is 0.397. The van der Waals surface area contributed by atoms with Crippen LogP contribution in [0.15, 0.2) is 12.1 Å². The van der Waals surface area contributed by atoms with Crippen LogP contribution in [0.3, 0.4) is 0 Å². The number of hydrogen-bond donors (Lipinski definition) is 3. The summed E-state index contributed by atoms with van der Waals surface area (Å²) in [6.07, 6.45) is 1.76. The van der Waals surface area contributed by atoms with E-state index in [1.807, 2.05) is 0 Å². The van der Waals surface area contributed by atoms with Crippen molar-refractivity contribution in [3.8, 4) is 5.75 Å². The Bertz CT molecular complexity index is 785. The SMILES string of the molecule is COc1cc(N)c(Cl)cc1C(=O)NCC1CN(CC2CCN(C(=O)CO)CC2)CCO1. The minimum absolute atomic E-state index is 0.107. The lowest BCUT2D eigenvalue weighted by Gasteiger charge is -2.38. The number of hydrogen-bond acceptors (Lipinski definition) is 7. The minimum Gasteiger partial charge on any atom is -0.496 e. The van der Waals surface area contributed by atoms with Gasteiger partial charge in [0.15, 0.2) is 0 Å². The molecule has 0 radical (unpaired) electrons. The van der Waals surface area contributed by atoms with Crippen molar-refractivity contribution in [3.05, 3.63) is 22.7 Å². The van der Waals surface area contributed by atoms with Crippen molar-refractivity contribution in [3.63, 3.8) is 0 Å². The molecule has 0 aliphatic carbocycles. The average Bonchev–Trinajstić information content (AvgIpc) is 2.79. The van der Waals surface area contributed by atoms with E-state index in [0.29, 0.717) is 54.2 Å². The molecule has 31 heavy (non-hydrogen) atoms. The summed E-state index contributed by atoms with van der Waals surface area (Å²) in [5, 5.41) is 12.2. The largest absolute Gasteiger partial charge is 0.496 e. The molecule has 9 nitrogen and oxygen atoms in total. The van der Waals surface area contributed by atoms with E-state index in [4.69, 9.17) is 31.9 Å². The molecular formula is C21H31ClN4O5. The predicted molar refractivity (Wildman–Crippen MR) is 117 cm³/mol. The number of nitrogens with two attached hydrogens (primary N) is 1. The lowest BCUT2D eigenvalue weighted by Crippen LogP contribution is -2.50. The number of aliphatic hydroxyl groups excluding tert-OH is 1. The van der Waals surface area contributed by atoms with Crippen molar-refractivity contribution in [1.82, 2.24) is 15.1 Å². The second-order valence-corrected chi connectivity index (χ2v) is 8.43. The summed E-state index contributed by atoms with van der Waals surface area (Å²) in [4.78, 5) is 28.3. The van der Waals surface area contributed by atoms with E-state index in [1.165, 1.54) is 19.2 Å². The highest BCUT2D eigenvalue weighted by atomic mass is 35.5. The summed E-state index contributed by atoms with van der Waals surface area (Å²) in [6.45, 7) is 4.48. The number of likely N-dealkylation sites (tertiary alicyclic amines) is 1. The first kappa shape index (κ1) is 23.6. The Balaban J connectivity index is 1.47. The summed E-state index contributed by atoms with van der Waals surface area (Å²) in [7, 11) is 1.48. The first-order valence-electron chi connectivity index (χ1n) is 10.5. The zero-order valence-electron chi connectivity index (χ0n) is 17.8. The number of nitrogen functional groups attached to an aromatic ring is 1. The summed E-state index contributed by atoms with van der Waals surface area (Å²) >= 11 is 6.06. The van der Waals surface area contributed by atoms with Gasteiger partial charge in [-0.3, -0.25) is 14.5 Å². The van der Waals surface area contributed by atoms with Crippen molar-refractivity contribution < 1.29 is 24.2 Å². The molecule has 1 atom stereocenters. The van der Waals surface area contributed by atoms with Crippen molar-refractivity contribution in [2.24, 2.45) is 5.92 Å². The van der Waals surface area contributed by atoms with E-state index >= 15 is 0 Å². The Kier molecular flexibility index (Phi) is 8.36. The molecule has 0 aromatic heterocycles. The van der Waals surface area contributed by atoms with Crippen molar-refractivity contribution in [2.45, 2.75) is 18.9 Å². The van der Waals surface area contributed by atoms with Crippen molar-refractivity contribution >= 4 is 29.1 Å². The summed E-state index contributed by atoms with van der Waals surface area (Å²) in [6, 6.07) is 3.04. The number of carbonyl (C=O) groups is 2. The van der Waals surface area contributed by atoms with Crippen LogP contribution in [0.1, 0.15) is 23.2 Å². The molecule has 3 rings (SSSR count). The Morgan fingerprint density at radius 1 is 1.32 bits per heavy atom. The maximum Gasteiger partial charge on any atom is 0.255 e. The van der Waals surface area contributed by atoms with Gasteiger partial charge in [0.2, 0.25) is 5.91 Å². The zero-order valence-corrected chi connectivity index (χ0v) is 18.6. The minimum atomic E-state index is -0.421. The molecule has 2 aliphatic rings. The lowest BCUT2D eigenvalue weighted by atomic mass is 9.96. The highest BCUT2D eigenvalue weighted by molar-refractivity contribution is 6.33. The molecule has 0 spiro atoms. The number of carbonyl (C=O) groups excluding carboxylic acids is 2. The van der Waals surface area contributed by atoms with Crippen LogP contribution in [-0.2, 0) is 9.53 Å². The summed E-state index contributed by atoms with van der Waals surface area (Å²) < 4.78 is 11.1. The van der Waals surface area contributed by atoms with E-state index in [2.05, 4.69) is 10.2 Å². The quantitative estimate of drug-likeness (QED) is 0.516. The number of nitrogens with zero attached hydrogens (tertiary/aromatic N) is 2. The zero-order chi connectivity index (χ0) is 22.4. The third kappa shape index (κ3) is 6.22. The number of anilines is 1. The molecule has 1 aromatic rings. The molecule has 1 aromatic carbocycles. The van der Waals surface area contributed by atoms with Gasteiger partial charge in [0.1, 0.15) is 12.4 Å². The maximum absolute atomic E-state index is 12.6. The maximum atomic E-state index is 12.6. The molecule has 172 valence electrons. The Hall–Kier alpha value is -2.07. The first-order valence-corrected chi connectivity index (χ1v) is 10.9. The van der Waals surface area contributed by atoms with Gasteiger partial charge in [0.05, 0.1) is 36.1 Å². The van der Waals surface area contributed by atoms with Gasteiger partial charge in [-0.2, -0.15) is 0 Å². The topological polar surface area (TPSA) is 117 Å². The van der Waals surface area contributed by atoms with Gasteiger partial charge in [0.25, 0.3) is 5.91 Å². The number of methoxy groups -OCH3 is 1. The third-order valence-electron chi connectivity index (χ3n) is 5.90. The second-order valence-electron chi connectivity index (χ2n) is 8.02. The molecule has 2 amide bonds. The van der Waals surface area contributed by atoms with Crippen molar-refractivity contribution in [1.29, 1.82) is 0 Å². The van der Waals surface area contributed by atoms with Crippen LogP contribution < -0.4 is 15.8 Å². The fourth-order valence-electron chi connectivity index (χ4n) is 4.12. The van der Waals surface area contributed by atoms with E-state index in [-0.39, 0.29) is 17.9 Å². The fourth-order valence-corrected chi connectivity index (χ4v) is 4.28. The molecule has 1 unspecified atom stereocenters. The van der Waals surface area contributed by atoms with Gasteiger partial charge in [-0.1, -0.05) is 11.6 Å². The van der Waals surface area contributed by atoms with Crippen LogP contribution in [0.2, 0.25) is 5.02 Å². The first-order chi connectivity index (χ1) is 14.9. The Labute approximate surface area is 187 Å². The Morgan fingerprint density at radius 3 is 2.74 bits per heavy atom. The average molecular weight is 455 g/mol. The smallest absolute Gasteiger partial charge is 0.255 e. The third-order valence-corrected chi connectivity index (χ3v) is 6.22. The van der Waals surface area contributed by atoms with Crippen LogP contribution in [0.4, 0.5) is 5.69 Å². The number of nitrogens with one attached hydrogen (secondary N) is 1. The molecular weight excluding hydrogens is 424 g/mol. The molecule has 0 bridgehead atoms. The second kappa shape index (κ2) is 11.0. The highest BCUT2D eigenvalue weighted by Gasteiger charge is 2.27. The van der Waals surface area contributed by atoms with E-state index in [1.54, 1.807) is 4.90 Å². The van der Waals surface area contributed by atoms with Crippen LogP contribution in [0.5, 0.6) is 5.75 Å². The normalized spacial score (nSPS) is 20.5. The number of rotatable bonds is 7. The van der Waals surface area contributed by atoms with Crippen LogP contribution in [0.25, 0.3) is 0 Å². The van der Waals surface area contributed by atoms with Gasteiger partial charge < -0.3 is 30.5 Å². The molecule has 2 heterocycles. The molecule has 0 saturated carbocycles. The Morgan fingerprint density at radius 2 is 2.06 bits per heavy atom. The van der Waals surface area contributed by atoms with Crippen LogP contribution >= 0.6 is 11.6 Å². The van der Waals surface area contributed by atoms with Crippen LogP contribution in [-0.4, -0.2) is 92.4 Å².